The zero-order valence-electron chi connectivity index (χ0n) is 22.0. The largest absolute Gasteiger partial charge is 0.494 e. The lowest BCUT2D eigenvalue weighted by molar-refractivity contribution is -0.137. The third-order valence-electron chi connectivity index (χ3n) is 5.93. The highest BCUT2D eigenvalue weighted by Crippen LogP contribution is 2.33. The van der Waals surface area contributed by atoms with Crippen molar-refractivity contribution in [3.05, 3.63) is 88.3 Å². The van der Waals surface area contributed by atoms with Gasteiger partial charge in [0, 0.05) is 23.2 Å². The number of amides is 1. The predicted molar refractivity (Wildman–Crippen MR) is 144 cm³/mol. The van der Waals surface area contributed by atoms with Crippen LogP contribution in [0, 0.1) is 5.82 Å². The SMILES string of the molecule is CC(C)(O)CCCOc1ccc(Cl)c(-c2ccnc(NC(=O)c3nnc(Cc4cc(C(F)(F)F)ccc4F)[nH]3)c2)c1. The first-order valence-corrected chi connectivity index (χ1v) is 12.9. The van der Waals surface area contributed by atoms with Gasteiger partial charge in [-0.05, 0) is 86.3 Å². The number of benzene rings is 2. The Balaban J connectivity index is 1.44. The van der Waals surface area contributed by atoms with Crippen molar-refractivity contribution in [2.45, 2.75) is 44.9 Å². The molecule has 2 aromatic heterocycles. The number of carbonyl (C=O) groups excluding carboxylic acids is 1. The van der Waals surface area contributed by atoms with Crippen molar-refractivity contribution in [1.82, 2.24) is 20.2 Å². The number of hydrogen-bond donors (Lipinski definition) is 3. The van der Waals surface area contributed by atoms with E-state index in [4.69, 9.17) is 16.3 Å². The molecule has 4 aromatic rings. The molecule has 0 aliphatic rings. The maximum atomic E-state index is 14.1. The average molecular weight is 592 g/mol. The summed E-state index contributed by atoms with van der Waals surface area (Å²) in [5, 5.41) is 20.3. The third-order valence-corrected chi connectivity index (χ3v) is 6.26. The minimum Gasteiger partial charge on any atom is -0.494 e. The van der Waals surface area contributed by atoms with Crippen LogP contribution in [0.15, 0.2) is 54.7 Å². The third kappa shape index (κ3) is 8.24. The van der Waals surface area contributed by atoms with Crippen molar-refractivity contribution in [2.24, 2.45) is 0 Å². The fourth-order valence-corrected chi connectivity index (χ4v) is 4.12. The molecule has 2 aromatic carbocycles. The predicted octanol–water partition coefficient (Wildman–Crippen LogP) is 6.45. The van der Waals surface area contributed by atoms with E-state index in [0.717, 1.165) is 6.07 Å². The van der Waals surface area contributed by atoms with Crippen LogP contribution in [0.1, 0.15) is 54.3 Å². The molecule has 8 nitrogen and oxygen atoms in total. The molecular weight excluding hydrogens is 566 g/mol. The van der Waals surface area contributed by atoms with E-state index in [0.29, 0.717) is 53.5 Å². The highest BCUT2D eigenvalue weighted by atomic mass is 35.5. The molecule has 216 valence electrons. The summed E-state index contributed by atoms with van der Waals surface area (Å²) < 4.78 is 58.9. The zero-order chi connectivity index (χ0) is 29.8. The van der Waals surface area contributed by atoms with Gasteiger partial charge in [-0.1, -0.05) is 11.6 Å². The minimum atomic E-state index is -4.63. The van der Waals surface area contributed by atoms with Crippen LogP contribution >= 0.6 is 11.6 Å². The number of H-pyrrole nitrogens is 1. The van der Waals surface area contributed by atoms with E-state index in [2.05, 4.69) is 25.5 Å². The molecule has 0 saturated carbocycles. The minimum absolute atomic E-state index is 0.00114. The van der Waals surface area contributed by atoms with Crippen molar-refractivity contribution < 1.29 is 32.2 Å². The lowest BCUT2D eigenvalue weighted by Gasteiger charge is -2.17. The van der Waals surface area contributed by atoms with E-state index < -0.39 is 29.1 Å². The molecule has 0 fully saturated rings. The van der Waals surface area contributed by atoms with Gasteiger partial charge >= 0.3 is 6.18 Å². The quantitative estimate of drug-likeness (QED) is 0.144. The maximum Gasteiger partial charge on any atom is 0.416 e. The molecule has 2 heterocycles. The Bertz CT molecular complexity index is 1540. The molecule has 0 aliphatic heterocycles. The van der Waals surface area contributed by atoms with Crippen LogP contribution in [0.2, 0.25) is 5.02 Å². The van der Waals surface area contributed by atoms with Crippen LogP contribution < -0.4 is 10.1 Å². The number of ether oxygens (including phenoxy) is 1. The van der Waals surface area contributed by atoms with Crippen molar-refractivity contribution in [1.29, 1.82) is 0 Å². The number of hydrogen-bond acceptors (Lipinski definition) is 6. The van der Waals surface area contributed by atoms with E-state index in [1.165, 1.54) is 6.20 Å². The summed E-state index contributed by atoms with van der Waals surface area (Å²) in [7, 11) is 0. The van der Waals surface area contributed by atoms with E-state index in [1.54, 1.807) is 44.2 Å². The number of carbonyl (C=O) groups is 1. The number of aromatic amines is 1. The van der Waals surface area contributed by atoms with E-state index >= 15 is 0 Å². The van der Waals surface area contributed by atoms with E-state index in [9.17, 15) is 27.5 Å². The second kappa shape index (κ2) is 12.2. The molecule has 0 aliphatic carbocycles. The van der Waals surface area contributed by atoms with Crippen LogP contribution in [0.4, 0.5) is 23.4 Å². The van der Waals surface area contributed by atoms with E-state index in [-0.39, 0.29) is 29.5 Å². The van der Waals surface area contributed by atoms with Gasteiger partial charge in [0.05, 0.1) is 17.8 Å². The van der Waals surface area contributed by atoms with Gasteiger partial charge in [0.15, 0.2) is 0 Å². The summed E-state index contributed by atoms with van der Waals surface area (Å²) >= 11 is 6.41. The number of anilines is 1. The van der Waals surface area contributed by atoms with Crippen LogP contribution in [0.5, 0.6) is 5.75 Å². The lowest BCUT2D eigenvalue weighted by Crippen LogP contribution is -2.19. The number of aliphatic hydroxyl groups is 1. The molecule has 0 radical (unpaired) electrons. The molecule has 4 rings (SSSR count). The Hall–Kier alpha value is -4.03. The van der Waals surface area contributed by atoms with Gasteiger partial charge in [-0.2, -0.15) is 13.2 Å². The Kier molecular flexibility index (Phi) is 8.93. The lowest BCUT2D eigenvalue weighted by atomic mass is 10.0. The van der Waals surface area contributed by atoms with Gasteiger partial charge in [0.1, 0.15) is 23.2 Å². The van der Waals surface area contributed by atoms with Crippen LogP contribution in [-0.4, -0.2) is 43.4 Å². The van der Waals surface area contributed by atoms with Gasteiger partial charge in [0.25, 0.3) is 5.91 Å². The second-order valence-corrected chi connectivity index (χ2v) is 10.3. The zero-order valence-corrected chi connectivity index (χ0v) is 22.8. The molecule has 0 saturated heterocycles. The first-order chi connectivity index (χ1) is 19.3. The Labute approximate surface area is 237 Å². The molecule has 0 spiro atoms. The molecule has 1 amide bonds. The normalized spacial score (nSPS) is 11.9. The molecule has 0 unspecified atom stereocenters. The molecule has 3 N–H and O–H groups in total. The summed E-state index contributed by atoms with van der Waals surface area (Å²) in [6.07, 6.45) is -2.26. The average Bonchev–Trinajstić information content (AvgIpc) is 3.36. The number of pyridine rings is 1. The molecule has 0 bridgehead atoms. The fourth-order valence-electron chi connectivity index (χ4n) is 3.90. The first-order valence-electron chi connectivity index (χ1n) is 12.5. The fraction of sp³-hybridized carbons (Fsp3) is 0.286. The summed E-state index contributed by atoms with van der Waals surface area (Å²) in [6, 6.07) is 10.5. The highest BCUT2D eigenvalue weighted by molar-refractivity contribution is 6.33. The number of nitrogens with one attached hydrogen (secondary N) is 2. The Morgan fingerprint density at radius 3 is 2.61 bits per heavy atom. The second-order valence-electron chi connectivity index (χ2n) is 9.89. The number of aromatic nitrogens is 4. The van der Waals surface area contributed by atoms with Crippen molar-refractivity contribution in [3.63, 3.8) is 0 Å². The molecule has 13 heteroatoms. The number of rotatable bonds is 10. The summed E-state index contributed by atoms with van der Waals surface area (Å²) in [4.78, 5) is 19.5. The maximum absolute atomic E-state index is 14.1. The van der Waals surface area contributed by atoms with Gasteiger partial charge in [-0.3, -0.25) is 4.79 Å². The topological polar surface area (TPSA) is 113 Å². The summed E-state index contributed by atoms with van der Waals surface area (Å²) in [5.74, 6) is -1.05. The van der Waals surface area contributed by atoms with Gasteiger partial charge in [0.2, 0.25) is 5.82 Å². The Morgan fingerprint density at radius 1 is 1.10 bits per heavy atom. The molecular formula is C28H26ClF4N5O3. The number of nitrogens with zero attached hydrogens (tertiary/aromatic N) is 3. The number of halogens is 5. The van der Waals surface area contributed by atoms with Gasteiger partial charge < -0.3 is 20.1 Å². The van der Waals surface area contributed by atoms with Gasteiger partial charge in [-0.15, -0.1) is 10.2 Å². The van der Waals surface area contributed by atoms with E-state index in [1.807, 2.05) is 0 Å². The molecule has 0 atom stereocenters. The highest BCUT2D eigenvalue weighted by Gasteiger charge is 2.31. The summed E-state index contributed by atoms with van der Waals surface area (Å²) in [6.45, 7) is 3.87. The van der Waals surface area contributed by atoms with Crippen LogP contribution in [0.3, 0.4) is 0 Å². The van der Waals surface area contributed by atoms with Gasteiger partial charge in [-0.25, -0.2) is 9.37 Å². The smallest absolute Gasteiger partial charge is 0.416 e. The van der Waals surface area contributed by atoms with Crippen LogP contribution in [0.25, 0.3) is 11.1 Å². The van der Waals surface area contributed by atoms with Crippen LogP contribution in [-0.2, 0) is 12.6 Å². The van der Waals surface area contributed by atoms with Crippen molar-refractivity contribution in [3.8, 4) is 16.9 Å². The standard InChI is InChI=1S/C28H26ClF4N5O3/c1-27(2,40)9-3-11-41-19-5-6-21(29)20(15-19)16-8-10-34-23(13-16)36-26(39)25-35-24(37-38-25)14-17-12-18(28(31,32)33)4-7-22(17)30/h4-8,10,12-13,15,40H,3,9,11,14H2,1-2H3,(H,34,36,39)(H,35,37,38). The molecule has 41 heavy (non-hydrogen) atoms. The Morgan fingerprint density at radius 2 is 1.88 bits per heavy atom. The summed E-state index contributed by atoms with van der Waals surface area (Å²) in [5.41, 5.74) is -0.756. The van der Waals surface area contributed by atoms with Crippen molar-refractivity contribution >= 4 is 23.3 Å². The number of alkyl halides is 3. The first kappa shape index (κ1) is 29.9. The monoisotopic (exact) mass is 591 g/mol. The van der Waals surface area contributed by atoms with Crippen molar-refractivity contribution in [2.75, 3.05) is 11.9 Å².